The molecule has 0 aliphatic heterocycles. The van der Waals surface area contributed by atoms with Gasteiger partial charge in [-0.25, -0.2) is 0 Å². The molecule has 0 heterocycles. The minimum absolute atomic E-state index is 0.0847. The highest BCUT2D eigenvalue weighted by molar-refractivity contribution is 5.71. The molecule has 79 heavy (non-hydrogen) atoms. The van der Waals surface area contributed by atoms with Gasteiger partial charge in [0.15, 0.2) is 6.10 Å². The Morgan fingerprint density at radius 3 is 0.772 bits per heavy atom. The minimum atomic E-state index is -0.790. The van der Waals surface area contributed by atoms with Gasteiger partial charge in [0.25, 0.3) is 0 Å². The number of rotatable bonds is 60. The summed E-state index contributed by atoms with van der Waals surface area (Å²) >= 11 is 0. The van der Waals surface area contributed by atoms with Crippen LogP contribution in [0.2, 0.25) is 0 Å². The van der Waals surface area contributed by atoms with E-state index < -0.39 is 6.10 Å². The van der Waals surface area contributed by atoms with E-state index in [-0.39, 0.29) is 31.1 Å². The second-order valence-electron chi connectivity index (χ2n) is 22.0. The number of ether oxygens (including phenoxy) is 3. The van der Waals surface area contributed by atoms with E-state index in [2.05, 4.69) is 130 Å². The van der Waals surface area contributed by atoms with Crippen molar-refractivity contribution in [1.29, 1.82) is 0 Å². The van der Waals surface area contributed by atoms with Crippen LogP contribution in [0.5, 0.6) is 0 Å². The van der Waals surface area contributed by atoms with Gasteiger partial charge in [0, 0.05) is 19.3 Å². The fourth-order valence-corrected chi connectivity index (χ4v) is 9.32. The van der Waals surface area contributed by atoms with Gasteiger partial charge >= 0.3 is 17.9 Å². The molecule has 0 rings (SSSR count). The minimum Gasteiger partial charge on any atom is -0.462 e. The molecule has 0 aromatic heterocycles. The maximum atomic E-state index is 12.9. The van der Waals surface area contributed by atoms with Crippen molar-refractivity contribution < 1.29 is 28.6 Å². The predicted octanol–water partition coefficient (Wildman–Crippen LogP) is 23.0. The molecule has 6 heteroatoms. The van der Waals surface area contributed by atoms with Crippen molar-refractivity contribution in [3.05, 3.63) is 109 Å². The summed E-state index contributed by atoms with van der Waals surface area (Å²) in [6.45, 7) is 6.53. The quantitative estimate of drug-likeness (QED) is 0.0261. The molecule has 0 aliphatic rings. The number of esters is 3. The van der Waals surface area contributed by atoms with E-state index in [4.69, 9.17) is 14.2 Å². The number of carbonyl (C=O) groups is 3. The van der Waals surface area contributed by atoms with Crippen molar-refractivity contribution >= 4 is 17.9 Å². The topological polar surface area (TPSA) is 78.9 Å². The number of unbranched alkanes of at least 4 members (excludes halogenated alkanes) is 31. The van der Waals surface area contributed by atoms with Gasteiger partial charge in [-0.05, 0) is 89.9 Å². The SMILES string of the molecule is CC/C=C\C/C=C\C/C=C\C/C=C\C/C=C\C/C=C\C/C=C\C/C=C\C/C=C\CCCCCC(=O)OCC(COC(=O)CCCCCCCCCCCCCCC)OC(=O)CCCCCCCCCCCCCCCCCCC. The maximum absolute atomic E-state index is 12.9. The van der Waals surface area contributed by atoms with E-state index in [9.17, 15) is 14.4 Å². The van der Waals surface area contributed by atoms with E-state index >= 15 is 0 Å². The second-order valence-corrected chi connectivity index (χ2v) is 22.0. The molecule has 0 spiro atoms. The molecule has 0 aromatic carbocycles. The van der Waals surface area contributed by atoms with Gasteiger partial charge in [0.2, 0.25) is 0 Å². The average Bonchev–Trinajstić information content (AvgIpc) is 3.45. The monoisotopic (exact) mass is 1100 g/mol. The molecule has 0 saturated carbocycles. The van der Waals surface area contributed by atoms with Crippen LogP contribution in [0.1, 0.15) is 316 Å². The molecular weight excluding hydrogens is 973 g/mol. The number of hydrogen-bond acceptors (Lipinski definition) is 6. The average molecular weight is 1100 g/mol. The standard InChI is InChI=1S/C73H124O6/c1-4-7-10-13-16-19-22-25-27-29-30-31-32-33-34-35-36-37-38-39-40-41-42-44-45-48-51-54-57-60-63-66-72(75)78-69-70(68-77-71(74)65-62-59-56-53-50-47-24-21-18-15-12-9-6-3)79-73(76)67-64-61-58-55-52-49-46-43-28-26-23-20-17-14-11-8-5-2/h7,10,16,19,25,27,30-31,33-34,36-37,39-40,42,44,48,51,70H,4-6,8-9,11-15,17-18,20-24,26,28-29,32,35,38,41,43,45-47,49-50,52-69H2,1-3H3/b10-7-,19-16-,27-25-,31-30-,34-33-,37-36-,40-39-,44-42-,51-48-. The van der Waals surface area contributed by atoms with E-state index in [0.717, 1.165) is 122 Å². The smallest absolute Gasteiger partial charge is 0.306 e. The summed E-state index contributed by atoms with van der Waals surface area (Å²) < 4.78 is 16.9. The third-order valence-electron chi connectivity index (χ3n) is 14.3. The molecule has 0 amide bonds. The lowest BCUT2D eigenvalue weighted by Crippen LogP contribution is -2.30. The van der Waals surface area contributed by atoms with Crippen LogP contribution in [0.15, 0.2) is 109 Å². The molecule has 0 bridgehead atoms. The molecule has 0 N–H and O–H groups in total. The Labute approximate surface area is 489 Å². The van der Waals surface area contributed by atoms with Gasteiger partial charge in [-0.3, -0.25) is 14.4 Å². The first-order valence-electron chi connectivity index (χ1n) is 33.4. The summed E-state index contributed by atoms with van der Waals surface area (Å²) in [5, 5.41) is 0. The molecule has 0 radical (unpaired) electrons. The molecular formula is C73H124O6. The lowest BCUT2D eigenvalue weighted by molar-refractivity contribution is -0.167. The Hall–Kier alpha value is -3.93. The molecule has 0 saturated heterocycles. The summed E-state index contributed by atoms with van der Waals surface area (Å²) in [7, 11) is 0. The van der Waals surface area contributed by atoms with Crippen LogP contribution >= 0.6 is 0 Å². The molecule has 1 atom stereocenters. The zero-order valence-electron chi connectivity index (χ0n) is 51.9. The summed E-state index contributed by atoms with van der Waals surface area (Å²) in [5.41, 5.74) is 0. The third kappa shape index (κ3) is 64.8. The first kappa shape index (κ1) is 75.1. The number of allylic oxidation sites excluding steroid dienone is 18. The lowest BCUT2D eigenvalue weighted by atomic mass is 10.0. The first-order chi connectivity index (χ1) is 39.0. The Morgan fingerprint density at radius 2 is 0.494 bits per heavy atom. The van der Waals surface area contributed by atoms with Crippen molar-refractivity contribution in [3.8, 4) is 0 Å². The van der Waals surface area contributed by atoms with E-state index in [1.165, 1.54) is 154 Å². The highest BCUT2D eigenvalue weighted by atomic mass is 16.6. The Kier molecular flexibility index (Phi) is 63.3. The molecule has 0 aliphatic carbocycles. The van der Waals surface area contributed by atoms with E-state index in [1.54, 1.807) is 0 Å². The third-order valence-corrected chi connectivity index (χ3v) is 14.3. The fourth-order valence-electron chi connectivity index (χ4n) is 9.32. The zero-order valence-corrected chi connectivity index (χ0v) is 51.9. The molecule has 0 fully saturated rings. The Bertz CT molecular complexity index is 1590. The Morgan fingerprint density at radius 1 is 0.266 bits per heavy atom. The van der Waals surface area contributed by atoms with Crippen LogP contribution in [-0.4, -0.2) is 37.2 Å². The van der Waals surface area contributed by atoms with Crippen LogP contribution in [0.3, 0.4) is 0 Å². The normalized spacial score (nSPS) is 12.8. The summed E-state index contributed by atoms with van der Waals surface area (Å²) in [6.07, 6.45) is 91.0. The van der Waals surface area contributed by atoms with Gasteiger partial charge in [-0.2, -0.15) is 0 Å². The van der Waals surface area contributed by atoms with Crippen LogP contribution in [-0.2, 0) is 28.6 Å². The van der Waals surface area contributed by atoms with Gasteiger partial charge < -0.3 is 14.2 Å². The van der Waals surface area contributed by atoms with Crippen molar-refractivity contribution in [3.63, 3.8) is 0 Å². The van der Waals surface area contributed by atoms with Gasteiger partial charge in [0.1, 0.15) is 13.2 Å². The predicted molar refractivity (Wildman–Crippen MR) is 343 cm³/mol. The lowest BCUT2D eigenvalue weighted by Gasteiger charge is -2.18. The van der Waals surface area contributed by atoms with E-state index in [1.807, 2.05) is 0 Å². The zero-order chi connectivity index (χ0) is 57.1. The summed E-state index contributed by atoms with van der Waals surface area (Å²) in [4.78, 5) is 38.3. The van der Waals surface area contributed by atoms with Crippen molar-refractivity contribution in [1.82, 2.24) is 0 Å². The number of carbonyl (C=O) groups excluding carboxylic acids is 3. The van der Waals surface area contributed by atoms with Crippen molar-refractivity contribution in [2.45, 2.75) is 322 Å². The highest BCUT2D eigenvalue weighted by Gasteiger charge is 2.19. The van der Waals surface area contributed by atoms with E-state index in [0.29, 0.717) is 19.3 Å². The van der Waals surface area contributed by atoms with Crippen LogP contribution in [0.25, 0.3) is 0 Å². The molecule has 0 aromatic rings. The second kappa shape index (κ2) is 66.6. The van der Waals surface area contributed by atoms with Gasteiger partial charge in [-0.15, -0.1) is 0 Å². The maximum Gasteiger partial charge on any atom is 0.306 e. The molecule has 1 unspecified atom stereocenters. The van der Waals surface area contributed by atoms with Gasteiger partial charge in [-0.1, -0.05) is 316 Å². The Balaban J connectivity index is 4.35. The van der Waals surface area contributed by atoms with Gasteiger partial charge in [0.05, 0.1) is 0 Å². The van der Waals surface area contributed by atoms with Crippen molar-refractivity contribution in [2.75, 3.05) is 13.2 Å². The number of hydrogen-bond donors (Lipinski definition) is 0. The first-order valence-corrected chi connectivity index (χ1v) is 33.4. The highest BCUT2D eigenvalue weighted by Crippen LogP contribution is 2.17. The fraction of sp³-hybridized carbons (Fsp3) is 0.712. The van der Waals surface area contributed by atoms with Crippen molar-refractivity contribution in [2.24, 2.45) is 0 Å². The van der Waals surface area contributed by atoms with Crippen LogP contribution < -0.4 is 0 Å². The molecule has 6 nitrogen and oxygen atoms in total. The largest absolute Gasteiger partial charge is 0.462 e. The van der Waals surface area contributed by atoms with Crippen LogP contribution in [0.4, 0.5) is 0 Å². The summed E-state index contributed by atoms with van der Waals surface area (Å²) in [6, 6.07) is 0. The molecule has 452 valence electrons. The van der Waals surface area contributed by atoms with Crippen LogP contribution in [0, 0.1) is 0 Å². The summed E-state index contributed by atoms with van der Waals surface area (Å²) in [5.74, 6) is -0.906.